The van der Waals surface area contributed by atoms with Gasteiger partial charge in [-0.25, -0.2) is 9.78 Å². The van der Waals surface area contributed by atoms with E-state index in [1.165, 1.54) is 19.4 Å². The Hall–Kier alpha value is -3.52. The molecule has 166 valence electrons. The molecule has 0 saturated heterocycles. The van der Waals surface area contributed by atoms with E-state index in [1.807, 2.05) is 0 Å². The van der Waals surface area contributed by atoms with Crippen LogP contribution < -0.4 is 21.7 Å². The molecule has 1 aromatic heterocycles. The lowest BCUT2D eigenvalue weighted by Gasteiger charge is -2.23. The van der Waals surface area contributed by atoms with Crippen molar-refractivity contribution in [2.45, 2.75) is 44.0 Å². The molecule has 9 N–H and O–H groups in total. The fourth-order valence-electron chi connectivity index (χ4n) is 2.29. The first-order chi connectivity index (χ1) is 14.0. The van der Waals surface area contributed by atoms with Gasteiger partial charge in [0.25, 0.3) is 0 Å². The SMILES string of the molecule is CC(O)C(NC(=O)CNC(=O)C(N)CC(=O)O)C(=O)NC(Cc1cnc[nH]1)C(=O)O. The maximum atomic E-state index is 12.4. The Morgan fingerprint density at radius 3 is 2.33 bits per heavy atom. The zero-order chi connectivity index (χ0) is 22.8. The second kappa shape index (κ2) is 11.5. The van der Waals surface area contributed by atoms with E-state index in [0.717, 1.165) is 0 Å². The lowest BCUT2D eigenvalue weighted by molar-refractivity contribution is -0.143. The van der Waals surface area contributed by atoms with Gasteiger partial charge in [-0.2, -0.15) is 0 Å². The minimum Gasteiger partial charge on any atom is -0.481 e. The van der Waals surface area contributed by atoms with Gasteiger partial charge in [-0.1, -0.05) is 0 Å². The second-order valence-electron chi connectivity index (χ2n) is 6.39. The van der Waals surface area contributed by atoms with Crippen LogP contribution in [0.3, 0.4) is 0 Å². The predicted octanol–water partition coefficient (Wildman–Crippen LogP) is -3.69. The Bertz CT molecular complexity index is 766. The first-order valence-corrected chi connectivity index (χ1v) is 8.74. The number of carboxylic acid groups (broad SMARTS) is 2. The predicted molar refractivity (Wildman–Crippen MR) is 98.7 cm³/mol. The fourth-order valence-corrected chi connectivity index (χ4v) is 2.29. The van der Waals surface area contributed by atoms with Gasteiger partial charge >= 0.3 is 11.9 Å². The number of H-pyrrole nitrogens is 1. The molecule has 14 heteroatoms. The molecule has 0 fully saturated rings. The first kappa shape index (κ1) is 24.5. The maximum absolute atomic E-state index is 12.4. The third-order valence-electron chi connectivity index (χ3n) is 3.83. The molecule has 1 aromatic rings. The summed E-state index contributed by atoms with van der Waals surface area (Å²) in [6.45, 7) is 0.565. The minimum absolute atomic E-state index is 0.112. The summed E-state index contributed by atoms with van der Waals surface area (Å²) in [5, 5.41) is 34.1. The van der Waals surface area contributed by atoms with E-state index in [-0.39, 0.29) is 6.42 Å². The average molecular weight is 428 g/mol. The third kappa shape index (κ3) is 8.24. The highest BCUT2D eigenvalue weighted by molar-refractivity contribution is 5.93. The number of nitrogens with zero attached hydrogens (tertiary/aromatic N) is 1. The topological polar surface area (TPSA) is 237 Å². The Kier molecular flexibility index (Phi) is 9.38. The zero-order valence-electron chi connectivity index (χ0n) is 16.0. The standard InChI is InChI=1S/C16H24N6O8/c1-7(23)13(22-11(24)5-19-14(27)9(17)3-12(25)26)15(28)21-10(16(29)30)2-8-4-18-6-20-8/h4,6-7,9-10,13,23H,2-3,5,17H2,1H3,(H,18,20)(H,19,27)(H,21,28)(H,22,24)(H,25,26)(H,29,30). The molecule has 0 aliphatic rings. The summed E-state index contributed by atoms with van der Waals surface area (Å²) < 4.78 is 0. The number of hydrogen-bond acceptors (Lipinski definition) is 8. The van der Waals surface area contributed by atoms with Crippen molar-refractivity contribution in [3.05, 3.63) is 18.2 Å². The number of carbonyl (C=O) groups excluding carboxylic acids is 3. The van der Waals surface area contributed by atoms with Crippen LogP contribution >= 0.6 is 0 Å². The highest BCUT2D eigenvalue weighted by Gasteiger charge is 2.30. The molecule has 3 amide bonds. The molecule has 1 heterocycles. The molecule has 0 aromatic carbocycles. The number of imidazole rings is 1. The van der Waals surface area contributed by atoms with Crippen molar-refractivity contribution in [3.63, 3.8) is 0 Å². The summed E-state index contributed by atoms with van der Waals surface area (Å²) in [4.78, 5) is 64.4. The molecule has 0 bridgehead atoms. The van der Waals surface area contributed by atoms with Crippen molar-refractivity contribution in [2.24, 2.45) is 5.73 Å². The van der Waals surface area contributed by atoms with Crippen LogP contribution in [0.1, 0.15) is 19.0 Å². The van der Waals surface area contributed by atoms with Crippen molar-refractivity contribution in [2.75, 3.05) is 6.54 Å². The quantitative estimate of drug-likeness (QED) is 0.162. The number of hydrogen-bond donors (Lipinski definition) is 8. The minimum atomic E-state index is -1.51. The molecule has 0 aliphatic heterocycles. The molecular weight excluding hydrogens is 404 g/mol. The van der Waals surface area contributed by atoms with E-state index in [9.17, 15) is 34.2 Å². The van der Waals surface area contributed by atoms with Gasteiger partial charge in [0.15, 0.2) is 0 Å². The molecule has 0 saturated carbocycles. The summed E-state index contributed by atoms with van der Waals surface area (Å²) >= 11 is 0. The van der Waals surface area contributed by atoms with E-state index in [4.69, 9.17) is 10.8 Å². The van der Waals surface area contributed by atoms with Crippen molar-refractivity contribution in [1.82, 2.24) is 25.9 Å². The summed E-state index contributed by atoms with van der Waals surface area (Å²) in [6.07, 6.45) is 0.581. The van der Waals surface area contributed by atoms with E-state index in [0.29, 0.717) is 5.69 Å². The molecule has 1 rings (SSSR count). The Labute approximate surface area is 170 Å². The molecule has 0 radical (unpaired) electrons. The molecule has 4 atom stereocenters. The average Bonchev–Trinajstić information content (AvgIpc) is 3.15. The number of aliphatic hydroxyl groups is 1. The van der Waals surface area contributed by atoms with Crippen LogP contribution in [-0.4, -0.2) is 85.7 Å². The van der Waals surface area contributed by atoms with Crippen LogP contribution in [0.5, 0.6) is 0 Å². The highest BCUT2D eigenvalue weighted by Crippen LogP contribution is 2.01. The van der Waals surface area contributed by atoms with Gasteiger partial charge in [-0.3, -0.25) is 19.2 Å². The normalized spacial score (nSPS) is 14.6. The van der Waals surface area contributed by atoms with Crippen LogP contribution in [0.15, 0.2) is 12.5 Å². The number of carbonyl (C=O) groups is 5. The van der Waals surface area contributed by atoms with Gasteiger partial charge in [0, 0.05) is 18.3 Å². The molecule has 0 aliphatic carbocycles. The van der Waals surface area contributed by atoms with Crippen LogP contribution in [0.4, 0.5) is 0 Å². The largest absolute Gasteiger partial charge is 0.481 e. The maximum Gasteiger partial charge on any atom is 0.326 e. The smallest absolute Gasteiger partial charge is 0.326 e. The van der Waals surface area contributed by atoms with E-state index < -0.39 is 66.9 Å². The van der Waals surface area contributed by atoms with Crippen molar-refractivity contribution < 1.29 is 39.3 Å². The molecule has 14 nitrogen and oxygen atoms in total. The number of nitrogens with one attached hydrogen (secondary N) is 4. The Morgan fingerprint density at radius 1 is 1.17 bits per heavy atom. The summed E-state index contributed by atoms with van der Waals surface area (Å²) in [5.41, 5.74) is 5.79. The third-order valence-corrected chi connectivity index (χ3v) is 3.83. The van der Waals surface area contributed by atoms with Crippen LogP contribution in [0, 0.1) is 0 Å². The molecular formula is C16H24N6O8. The number of aliphatic carboxylic acids is 2. The van der Waals surface area contributed by atoms with Gasteiger partial charge in [0.05, 0.1) is 31.4 Å². The number of nitrogens with two attached hydrogens (primary N) is 1. The zero-order valence-corrected chi connectivity index (χ0v) is 16.0. The lowest BCUT2D eigenvalue weighted by Crippen LogP contribution is -2.57. The van der Waals surface area contributed by atoms with Crippen molar-refractivity contribution >= 4 is 29.7 Å². The Morgan fingerprint density at radius 2 is 1.83 bits per heavy atom. The van der Waals surface area contributed by atoms with E-state index in [2.05, 4.69) is 25.9 Å². The summed E-state index contributed by atoms with van der Waals surface area (Å²) in [5.74, 6) is -5.37. The fraction of sp³-hybridized carbons (Fsp3) is 0.500. The number of aliphatic hydroxyl groups excluding tert-OH is 1. The summed E-state index contributed by atoms with van der Waals surface area (Å²) in [6, 6.07) is -4.24. The van der Waals surface area contributed by atoms with Gasteiger partial charge < -0.3 is 42.0 Å². The lowest BCUT2D eigenvalue weighted by atomic mass is 10.1. The number of rotatable bonds is 12. The first-order valence-electron chi connectivity index (χ1n) is 8.74. The highest BCUT2D eigenvalue weighted by atomic mass is 16.4. The van der Waals surface area contributed by atoms with Gasteiger partial charge in [-0.05, 0) is 6.92 Å². The summed E-state index contributed by atoms with van der Waals surface area (Å²) in [7, 11) is 0. The van der Waals surface area contributed by atoms with Crippen LogP contribution in [-0.2, 0) is 30.4 Å². The van der Waals surface area contributed by atoms with Crippen LogP contribution in [0.25, 0.3) is 0 Å². The van der Waals surface area contributed by atoms with Gasteiger partial charge in [0.1, 0.15) is 12.1 Å². The number of carboxylic acids is 2. The van der Waals surface area contributed by atoms with Gasteiger partial charge in [-0.15, -0.1) is 0 Å². The molecule has 0 spiro atoms. The molecule has 4 unspecified atom stereocenters. The van der Waals surface area contributed by atoms with E-state index >= 15 is 0 Å². The monoisotopic (exact) mass is 428 g/mol. The van der Waals surface area contributed by atoms with Crippen molar-refractivity contribution in [1.29, 1.82) is 0 Å². The van der Waals surface area contributed by atoms with Gasteiger partial charge in [0.2, 0.25) is 17.7 Å². The number of aromatic nitrogens is 2. The van der Waals surface area contributed by atoms with Crippen molar-refractivity contribution in [3.8, 4) is 0 Å². The molecule has 30 heavy (non-hydrogen) atoms. The number of aromatic amines is 1. The second-order valence-corrected chi connectivity index (χ2v) is 6.39. The van der Waals surface area contributed by atoms with E-state index in [1.54, 1.807) is 0 Å². The van der Waals surface area contributed by atoms with Crippen LogP contribution in [0.2, 0.25) is 0 Å². The number of amides is 3. The Balaban J connectivity index is 2.65.